The fraction of sp³-hybridized carbons (Fsp3) is 0.625. The molecule has 2 rings (SSSR count). The number of hydrogen-bond donors (Lipinski definition) is 1. The van der Waals surface area contributed by atoms with E-state index in [2.05, 4.69) is 10.3 Å². The summed E-state index contributed by atoms with van der Waals surface area (Å²) in [7, 11) is 0. The molecule has 6 nitrogen and oxygen atoms in total. The molecular weight excluding hydrogens is 282 g/mol. The number of ether oxygens (including phenoxy) is 2. The second kappa shape index (κ2) is 7.56. The van der Waals surface area contributed by atoms with Gasteiger partial charge >= 0.3 is 6.09 Å². The van der Waals surface area contributed by atoms with Crippen molar-refractivity contribution < 1.29 is 14.3 Å². The second-order valence-corrected chi connectivity index (χ2v) is 6.39. The van der Waals surface area contributed by atoms with Crippen molar-refractivity contribution in [1.29, 1.82) is 0 Å². The summed E-state index contributed by atoms with van der Waals surface area (Å²) in [6.07, 6.45) is 3.27. The quantitative estimate of drug-likeness (QED) is 0.919. The number of morpholine rings is 1. The SMILES string of the molecule is CC(C)(C)OC(=O)N1CCOCC1CNCc1ccncc1. The summed E-state index contributed by atoms with van der Waals surface area (Å²) >= 11 is 0. The van der Waals surface area contributed by atoms with Crippen LogP contribution in [0.4, 0.5) is 4.79 Å². The standard InChI is InChI=1S/C16H25N3O3/c1-16(2,3)22-15(20)19-8-9-21-12-14(19)11-18-10-13-4-6-17-7-5-13/h4-7,14,18H,8-12H2,1-3H3. The molecule has 1 saturated heterocycles. The number of hydrogen-bond acceptors (Lipinski definition) is 5. The number of carbonyl (C=O) groups excluding carboxylic acids is 1. The van der Waals surface area contributed by atoms with Crippen molar-refractivity contribution in [2.45, 2.75) is 39.0 Å². The van der Waals surface area contributed by atoms with Gasteiger partial charge in [-0.3, -0.25) is 9.88 Å². The summed E-state index contributed by atoms with van der Waals surface area (Å²) in [5.74, 6) is 0. The van der Waals surface area contributed by atoms with E-state index in [1.807, 2.05) is 32.9 Å². The van der Waals surface area contributed by atoms with Crippen LogP contribution in [0, 0.1) is 0 Å². The lowest BCUT2D eigenvalue weighted by Gasteiger charge is -2.36. The summed E-state index contributed by atoms with van der Waals surface area (Å²) in [6, 6.07) is 3.93. The van der Waals surface area contributed by atoms with Crippen molar-refractivity contribution in [3.63, 3.8) is 0 Å². The fourth-order valence-electron chi connectivity index (χ4n) is 2.27. The molecule has 0 radical (unpaired) electrons. The maximum atomic E-state index is 12.3. The molecule has 0 spiro atoms. The largest absolute Gasteiger partial charge is 0.444 e. The lowest BCUT2D eigenvalue weighted by atomic mass is 10.2. The molecule has 1 fully saturated rings. The van der Waals surface area contributed by atoms with E-state index in [1.54, 1.807) is 17.3 Å². The first-order valence-electron chi connectivity index (χ1n) is 7.63. The molecule has 122 valence electrons. The molecule has 0 saturated carbocycles. The number of pyridine rings is 1. The van der Waals surface area contributed by atoms with Crippen molar-refractivity contribution in [2.75, 3.05) is 26.3 Å². The normalized spacial score (nSPS) is 19.0. The van der Waals surface area contributed by atoms with Crippen LogP contribution >= 0.6 is 0 Å². The van der Waals surface area contributed by atoms with E-state index in [0.717, 1.165) is 12.1 Å². The molecule has 1 aliphatic heterocycles. The third kappa shape index (κ3) is 5.27. The Balaban J connectivity index is 1.85. The van der Waals surface area contributed by atoms with E-state index in [-0.39, 0.29) is 12.1 Å². The Morgan fingerprint density at radius 2 is 2.18 bits per heavy atom. The highest BCUT2D eigenvalue weighted by atomic mass is 16.6. The Morgan fingerprint density at radius 1 is 1.45 bits per heavy atom. The third-order valence-corrected chi connectivity index (χ3v) is 3.31. The monoisotopic (exact) mass is 307 g/mol. The van der Waals surface area contributed by atoms with Crippen molar-refractivity contribution in [3.05, 3.63) is 30.1 Å². The minimum absolute atomic E-state index is 0.00885. The Kier molecular flexibility index (Phi) is 5.74. The van der Waals surface area contributed by atoms with Gasteiger partial charge in [-0.15, -0.1) is 0 Å². The highest BCUT2D eigenvalue weighted by Crippen LogP contribution is 2.14. The molecule has 1 aliphatic rings. The minimum atomic E-state index is -0.482. The van der Waals surface area contributed by atoms with Crippen LogP contribution in [-0.2, 0) is 16.0 Å². The molecule has 6 heteroatoms. The van der Waals surface area contributed by atoms with Gasteiger partial charge in [0.15, 0.2) is 0 Å². The van der Waals surface area contributed by atoms with Crippen molar-refractivity contribution in [1.82, 2.24) is 15.2 Å². The predicted molar refractivity (Wildman–Crippen MR) is 83.5 cm³/mol. The molecular formula is C16H25N3O3. The van der Waals surface area contributed by atoms with E-state index in [9.17, 15) is 4.79 Å². The number of nitrogens with zero attached hydrogens (tertiary/aromatic N) is 2. The molecule has 1 N–H and O–H groups in total. The maximum absolute atomic E-state index is 12.3. The van der Waals surface area contributed by atoms with Crippen LogP contribution in [0.3, 0.4) is 0 Å². The summed E-state index contributed by atoms with van der Waals surface area (Å²) in [5.41, 5.74) is 0.681. The lowest BCUT2D eigenvalue weighted by Crippen LogP contribution is -2.54. The average molecular weight is 307 g/mol. The minimum Gasteiger partial charge on any atom is -0.444 e. The van der Waals surface area contributed by atoms with E-state index in [1.165, 1.54) is 0 Å². The Bertz CT molecular complexity index is 473. The van der Waals surface area contributed by atoms with Gasteiger partial charge in [0, 0.05) is 32.0 Å². The number of aromatic nitrogens is 1. The molecule has 1 aromatic rings. The van der Waals surface area contributed by atoms with Crippen molar-refractivity contribution in [2.24, 2.45) is 0 Å². The fourth-order valence-corrected chi connectivity index (χ4v) is 2.27. The Morgan fingerprint density at radius 3 is 2.86 bits per heavy atom. The van der Waals surface area contributed by atoms with Gasteiger partial charge in [0.1, 0.15) is 5.60 Å². The van der Waals surface area contributed by atoms with Gasteiger partial charge in [-0.05, 0) is 38.5 Å². The zero-order valence-corrected chi connectivity index (χ0v) is 13.5. The zero-order valence-electron chi connectivity index (χ0n) is 13.5. The number of nitrogens with one attached hydrogen (secondary N) is 1. The van der Waals surface area contributed by atoms with E-state index < -0.39 is 5.60 Å². The van der Waals surface area contributed by atoms with Crippen LogP contribution < -0.4 is 5.32 Å². The molecule has 0 bridgehead atoms. The van der Waals surface area contributed by atoms with Crippen LogP contribution in [0.5, 0.6) is 0 Å². The molecule has 0 aromatic carbocycles. The number of amides is 1. The first-order valence-corrected chi connectivity index (χ1v) is 7.63. The molecule has 1 atom stereocenters. The Labute approximate surface area is 131 Å². The van der Waals surface area contributed by atoms with Crippen LogP contribution in [-0.4, -0.2) is 53.9 Å². The van der Waals surface area contributed by atoms with Crippen molar-refractivity contribution in [3.8, 4) is 0 Å². The van der Waals surface area contributed by atoms with Crippen LogP contribution in [0.25, 0.3) is 0 Å². The summed E-state index contributed by atoms with van der Waals surface area (Å²) in [5, 5.41) is 3.36. The van der Waals surface area contributed by atoms with Crippen LogP contribution in [0.1, 0.15) is 26.3 Å². The highest BCUT2D eigenvalue weighted by Gasteiger charge is 2.30. The molecule has 1 unspecified atom stereocenters. The lowest BCUT2D eigenvalue weighted by molar-refractivity contribution is -0.0317. The Hall–Kier alpha value is -1.66. The molecule has 2 heterocycles. The van der Waals surface area contributed by atoms with E-state index in [4.69, 9.17) is 9.47 Å². The molecule has 0 aliphatic carbocycles. The van der Waals surface area contributed by atoms with Gasteiger partial charge in [0.05, 0.1) is 19.3 Å². The topological polar surface area (TPSA) is 63.7 Å². The number of rotatable bonds is 4. The van der Waals surface area contributed by atoms with Gasteiger partial charge in [0.2, 0.25) is 0 Å². The highest BCUT2D eigenvalue weighted by molar-refractivity contribution is 5.68. The van der Waals surface area contributed by atoms with Gasteiger partial charge in [-0.25, -0.2) is 4.79 Å². The zero-order chi connectivity index (χ0) is 16.0. The first-order chi connectivity index (χ1) is 10.5. The van der Waals surface area contributed by atoms with Crippen LogP contribution in [0.2, 0.25) is 0 Å². The van der Waals surface area contributed by atoms with E-state index in [0.29, 0.717) is 26.3 Å². The average Bonchev–Trinajstić information content (AvgIpc) is 2.47. The molecule has 1 amide bonds. The third-order valence-electron chi connectivity index (χ3n) is 3.31. The molecule has 22 heavy (non-hydrogen) atoms. The predicted octanol–water partition coefficient (Wildman–Crippen LogP) is 1.81. The van der Waals surface area contributed by atoms with Crippen LogP contribution in [0.15, 0.2) is 24.5 Å². The summed E-state index contributed by atoms with van der Waals surface area (Å²) in [6.45, 7) is 8.69. The first kappa shape index (κ1) is 16.7. The number of carbonyl (C=O) groups is 1. The second-order valence-electron chi connectivity index (χ2n) is 6.39. The van der Waals surface area contributed by atoms with Gasteiger partial charge in [0.25, 0.3) is 0 Å². The summed E-state index contributed by atoms with van der Waals surface area (Å²) in [4.78, 5) is 18.0. The van der Waals surface area contributed by atoms with Gasteiger partial charge < -0.3 is 14.8 Å². The summed E-state index contributed by atoms with van der Waals surface area (Å²) < 4.78 is 11.0. The maximum Gasteiger partial charge on any atom is 0.410 e. The van der Waals surface area contributed by atoms with Gasteiger partial charge in [-0.2, -0.15) is 0 Å². The van der Waals surface area contributed by atoms with Gasteiger partial charge in [-0.1, -0.05) is 0 Å². The van der Waals surface area contributed by atoms with Crippen molar-refractivity contribution >= 4 is 6.09 Å². The molecule has 1 aromatic heterocycles. The van der Waals surface area contributed by atoms with E-state index >= 15 is 0 Å². The smallest absolute Gasteiger partial charge is 0.410 e.